The van der Waals surface area contributed by atoms with Gasteiger partial charge >= 0.3 is 12.1 Å². The molecule has 3 atom stereocenters. The van der Waals surface area contributed by atoms with E-state index in [-0.39, 0.29) is 31.6 Å². The zero-order valence-corrected chi connectivity index (χ0v) is 22.5. The summed E-state index contributed by atoms with van der Waals surface area (Å²) in [6.07, 6.45) is -0.302. The molecule has 2 N–H and O–H groups in total. The average Bonchev–Trinajstić information content (AvgIpc) is 3.31. The molecule has 1 aliphatic carbocycles. The Balaban J connectivity index is 1.28. The first-order valence-corrected chi connectivity index (χ1v) is 13.7. The molecule has 0 radical (unpaired) electrons. The van der Waals surface area contributed by atoms with Crippen molar-refractivity contribution in [3.8, 4) is 11.1 Å². The summed E-state index contributed by atoms with van der Waals surface area (Å²) in [5, 5.41) is 12.2. The summed E-state index contributed by atoms with van der Waals surface area (Å²) in [6.45, 7) is 2.63. The largest absolute Gasteiger partial charge is 0.481 e. The van der Waals surface area contributed by atoms with Gasteiger partial charge in [0.05, 0.1) is 18.6 Å². The molecule has 1 fully saturated rings. The summed E-state index contributed by atoms with van der Waals surface area (Å²) in [5.74, 6) is -2.04. The summed E-state index contributed by atoms with van der Waals surface area (Å²) in [7, 11) is 0. The van der Waals surface area contributed by atoms with Crippen LogP contribution in [0.3, 0.4) is 0 Å². The number of carboxylic acids is 1. The number of benzene rings is 3. The number of piperidine rings is 1. The van der Waals surface area contributed by atoms with Crippen molar-refractivity contribution in [1.29, 1.82) is 0 Å². The van der Waals surface area contributed by atoms with E-state index in [2.05, 4.69) is 17.4 Å². The van der Waals surface area contributed by atoms with Crippen molar-refractivity contribution in [3.05, 3.63) is 95.6 Å². The van der Waals surface area contributed by atoms with Gasteiger partial charge in [0.1, 0.15) is 12.6 Å². The van der Waals surface area contributed by atoms with Crippen molar-refractivity contribution in [2.75, 3.05) is 19.7 Å². The number of carbonyl (C=O) groups is 3. The van der Waals surface area contributed by atoms with Crippen molar-refractivity contribution in [3.63, 3.8) is 0 Å². The minimum atomic E-state index is -1.04. The molecule has 5 rings (SSSR count). The highest BCUT2D eigenvalue weighted by molar-refractivity contribution is 5.87. The van der Waals surface area contributed by atoms with Gasteiger partial charge in [-0.05, 0) is 47.6 Å². The van der Waals surface area contributed by atoms with E-state index in [9.17, 15) is 19.5 Å². The Morgan fingerprint density at radius 2 is 1.57 bits per heavy atom. The maximum atomic E-state index is 13.6. The number of likely N-dealkylation sites (tertiary alicyclic amines) is 1. The van der Waals surface area contributed by atoms with E-state index in [0.717, 1.165) is 27.8 Å². The van der Waals surface area contributed by atoms with Crippen LogP contribution in [0.5, 0.6) is 0 Å². The lowest BCUT2D eigenvalue weighted by Crippen LogP contribution is -2.56. The predicted molar refractivity (Wildman–Crippen MR) is 150 cm³/mol. The van der Waals surface area contributed by atoms with E-state index in [1.807, 2.05) is 66.7 Å². The van der Waals surface area contributed by atoms with Crippen LogP contribution in [0.1, 0.15) is 42.4 Å². The number of amides is 2. The second-order valence-electron chi connectivity index (χ2n) is 10.4. The number of hydrogen-bond acceptors (Lipinski definition) is 5. The molecule has 1 saturated heterocycles. The van der Waals surface area contributed by atoms with Crippen molar-refractivity contribution in [2.24, 2.45) is 5.92 Å². The summed E-state index contributed by atoms with van der Waals surface area (Å²) in [5.41, 5.74) is 5.38. The molecule has 2 unspecified atom stereocenters. The molecule has 0 bridgehead atoms. The summed E-state index contributed by atoms with van der Waals surface area (Å²) in [4.78, 5) is 39.9. The number of carboxylic acid groups (broad SMARTS) is 1. The van der Waals surface area contributed by atoms with Gasteiger partial charge < -0.3 is 24.8 Å². The third-order valence-corrected chi connectivity index (χ3v) is 7.79. The maximum absolute atomic E-state index is 13.6. The Morgan fingerprint density at radius 3 is 2.23 bits per heavy atom. The lowest BCUT2D eigenvalue weighted by atomic mass is 9.97. The van der Waals surface area contributed by atoms with Gasteiger partial charge in [0.25, 0.3) is 0 Å². The van der Waals surface area contributed by atoms with Crippen LogP contribution in [0.4, 0.5) is 4.79 Å². The lowest BCUT2D eigenvalue weighted by Gasteiger charge is -2.35. The van der Waals surface area contributed by atoms with E-state index in [4.69, 9.17) is 9.47 Å². The summed E-state index contributed by atoms with van der Waals surface area (Å²) in [6, 6.07) is 24.7. The number of fused-ring (bicyclic) bond motifs is 3. The number of ether oxygens (including phenoxy) is 2. The second kappa shape index (κ2) is 12.3. The molecule has 8 nitrogen and oxygen atoms in total. The van der Waals surface area contributed by atoms with E-state index in [1.54, 1.807) is 6.92 Å². The molecular formula is C32H34N2O6. The minimum Gasteiger partial charge on any atom is -0.481 e. The topological polar surface area (TPSA) is 105 Å². The molecule has 3 aromatic rings. The standard InChI is InChI=1S/C32H34N2O6/c1-21(39-19-22-10-3-2-4-11-22)29(30(35)34-17-9-12-23(18-34)31(36)37)33-32(38)40-20-28-26-15-7-5-13-24(26)25-14-6-8-16-27(25)28/h2-8,10-11,13-16,21,23,28-29H,9,12,17-20H2,1H3,(H,33,38)(H,36,37)/t21?,23-,29?/m1/s1. The van der Waals surface area contributed by atoms with Crippen molar-refractivity contribution >= 4 is 18.0 Å². The van der Waals surface area contributed by atoms with Gasteiger partial charge in [-0.2, -0.15) is 0 Å². The molecule has 0 aromatic heterocycles. The number of nitrogens with zero attached hydrogens (tertiary/aromatic N) is 1. The van der Waals surface area contributed by atoms with Gasteiger partial charge in [-0.15, -0.1) is 0 Å². The Hall–Kier alpha value is -4.17. The van der Waals surface area contributed by atoms with Crippen LogP contribution < -0.4 is 5.32 Å². The van der Waals surface area contributed by atoms with Crippen LogP contribution in [0.25, 0.3) is 11.1 Å². The van der Waals surface area contributed by atoms with Crippen LogP contribution in [0.2, 0.25) is 0 Å². The van der Waals surface area contributed by atoms with E-state index in [0.29, 0.717) is 19.4 Å². The van der Waals surface area contributed by atoms with E-state index >= 15 is 0 Å². The molecule has 1 heterocycles. The van der Waals surface area contributed by atoms with E-state index < -0.39 is 30.1 Å². The van der Waals surface area contributed by atoms with Gasteiger partial charge in [0.2, 0.25) is 5.91 Å². The fraction of sp³-hybridized carbons (Fsp3) is 0.344. The highest BCUT2D eigenvalue weighted by Gasteiger charge is 2.36. The highest BCUT2D eigenvalue weighted by Crippen LogP contribution is 2.44. The molecule has 40 heavy (non-hydrogen) atoms. The smallest absolute Gasteiger partial charge is 0.407 e. The van der Waals surface area contributed by atoms with Crippen LogP contribution in [-0.2, 0) is 25.7 Å². The number of hydrogen-bond donors (Lipinski definition) is 2. The molecule has 0 spiro atoms. The number of alkyl carbamates (subject to hydrolysis) is 1. The SMILES string of the molecule is CC(OCc1ccccc1)C(NC(=O)OCC1c2ccccc2-c2ccccc21)C(=O)N1CCC[C@@H](C(=O)O)C1. The molecule has 3 aromatic carbocycles. The van der Waals surface area contributed by atoms with Gasteiger partial charge in [-0.3, -0.25) is 9.59 Å². The van der Waals surface area contributed by atoms with Crippen molar-refractivity contribution in [1.82, 2.24) is 10.2 Å². The third kappa shape index (κ3) is 6.02. The Bertz CT molecular complexity index is 1310. The average molecular weight is 543 g/mol. The van der Waals surface area contributed by atoms with Gasteiger partial charge in [-0.1, -0.05) is 78.9 Å². The Kier molecular flexibility index (Phi) is 8.45. The summed E-state index contributed by atoms with van der Waals surface area (Å²) >= 11 is 0. The fourth-order valence-electron chi connectivity index (χ4n) is 5.62. The number of rotatable bonds is 9. The highest BCUT2D eigenvalue weighted by atomic mass is 16.5. The maximum Gasteiger partial charge on any atom is 0.407 e. The van der Waals surface area contributed by atoms with E-state index in [1.165, 1.54) is 4.90 Å². The lowest BCUT2D eigenvalue weighted by molar-refractivity contribution is -0.147. The summed E-state index contributed by atoms with van der Waals surface area (Å²) < 4.78 is 11.7. The first-order chi connectivity index (χ1) is 19.4. The number of carbonyl (C=O) groups excluding carboxylic acids is 2. The van der Waals surface area contributed by atoms with Crippen molar-refractivity contribution in [2.45, 2.75) is 44.4 Å². The first-order valence-electron chi connectivity index (χ1n) is 13.7. The third-order valence-electron chi connectivity index (χ3n) is 7.79. The van der Waals surface area contributed by atoms with Crippen LogP contribution >= 0.6 is 0 Å². The molecule has 2 aliphatic rings. The molecule has 1 aliphatic heterocycles. The van der Waals surface area contributed by atoms with Gasteiger partial charge in [0.15, 0.2) is 0 Å². The second-order valence-corrected chi connectivity index (χ2v) is 10.4. The molecule has 8 heteroatoms. The Morgan fingerprint density at radius 1 is 0.950 bits per heavy atom. The Labute approximate surface area is 233 Å². The molecule has 2 amide bonds. The van der Waals surface area contributed by atoms with Crippen molar-refractivity contribution < 1.29 is 29.0 Å². The predicted octanol–water partition coefficient (Wildman–Crippen LogP) is 4.82. The zero-order chi connectivity index (χ0) is 28.1. The first kappa shape index (κ1) is 27.4. The monoisotopic (exact) mass is 542 g/mol. The molecule has 208 valence electrons. The van der Waals surface area contributed by atoms with Gasteiger partial charge in [0, 0.05) is 19.0 Å². The number of aliphatic carboxylic acids is 1. The molecule has 0 saturated carbocycles. The number of nitrogens with one attached hydrogen (secondary N) is 1. The molecular weight excluding hydrogens is 508 g/mol. The van der Waals surface area contributed by atoms with Crippen LogP contribution in [0, 0.1) is 5.92 Å². The normalized spacial score (nSPS) is 17.8. The quantitative estimate of drug-likeness (QED) is 0.402. The van der Waals surface area contributed by atoms with Crippen LogP contribution in [0.15, 0.2) is 78.9 Å². The minimum absolute atomic E-state index is 0.0996. The van der Waals surface area contributed by atoms with Crippen LogP contribution in [-0.4, -0.2) is 59.8 Å². The fourth-order valence-corrected chi connectivity index (χ4v) is 5.62. The van der Waals surface area contributed by atoms with Gasteiger partial charge in [-0.25, -0.2) is 4.79 Å². The zero-order valence-electron chi connectivity index (χ0n) is 22.5.